The van der Waals surface area contributed by atoms with Crippen LogP contribution in [0, 0.1) is 5.82 Å². The minimum atomic E-state index is -0.172. The molecular formula is C27H28FN3O. The first-order chi connectivity index (χ1) is 15.7. The Morgan fingerprint density at radius 2 is 1.72 bits per heavy atom. The van der Waals surface area contributed by atoms with Crippen LogP contribution in [0.25, 0.3) is 16.8 Å². The third kappa shape index (κ3) is 4.13. The molecule has 3 heterocycles. The second kappa shape index (κ2) is 9.13. The van der Waals surface area contributed by atoms with Crippen LogP contribution in [0.3, 0.4) is 0 Å². The lowest BCUT2D eigenvalue weighted by Crippen LogP contribution is -2.34. The summed E-state index contributed by atoms with van der Waals surface area (Å²) >= 11 is 0. The number of likely N-dealkylation sites (tertiary alicyclic amines) is 1. The van der Waals surface area contributed by atoms with Crippen LogP contribution in [0.15, 0.2) is 72.9 Å². The van der Waals surface area contributed by atoms with Gasteiger partial charge in [-0.15, -0.1) is 0 Å². The summed E-state index contributed by atoms with van der Waals surface area (Å²) in [6.45, 7) is 3.11. The van der Waals surface area contributed by atoms with Gasteiger partial charge in [0.2, 0.25) is 0 Å². The zero-order chi connectivity index (χ0) is 21.9. The first-order valence-corrected chi connectivity index (χ1v) is 11.3. The highest BCUT2D eigenvalue weighted by Gasteiger charge is 2.26. The van der Waals surface area contributed by atoms with Crippen molar-refractivity contribution in [2.24, 2.45) is 0 Å². The normalized spacial score (nSPS) is 15.3. The highest BCUT2D eigenvalue weighted by Crippen LogP contribution is 2.36. The van der Waals surface area contributed by atoms with E-state index in [-0.39, 0.29) is 5.82 Å². The van der Waals surface area contributed by atoms with Crippen molar-refractivity contribution < 1.29 is 9.13 Å². The number of ether oxygens (including phenoxy) is 1. The lowest BCUT2D eigenvalue weighted by molar-refractivity contribution is 0.211. The van der Waals surface area contributed by atoms with Crippen molar-refractivity contribution in [2.75, 3.05) is 26.7 Å². The summed E-state index contributed by atoms with van der Waals surface area (Å²) in [6.07, 6.45) is 5.25. The van der Waals surface area contributed by atoms with Crippen LogP contribution in [0.1, 0.15) is 30.1 Å². The number of pyridine rings is 1. The van der Waals surface area contributed by atoms with Gasteiger partial charge in [0.05, 0.1) is 12.6 Å². The molecule has 0 spiro atoms. The molecule has 0 aliphatic carbocycles. The van der Waals surface area contributed by atoms with E-state index in [0.717, 1.165) is 67.2 Å². The Bertz CT molecular complexity index is 1190. The fraction of sp³-hybridized carbons (Fsp3) is 0.296. The molecular weight excluding hydrogens is 401 g/mol. The van der Waals surface area contributed by atoms with Gasteiger partial charge in [0, 0.05) is 24.2 Å². The van der Waals surface area contributed by atoms with E-state index in [0.29, 0.717) is 5.92 Å². The largest absolute Gasteiger partial charge is 0.496 e. The maximum atomic E-state index is 13.1. The molecule has 4 aromatic rings. The van der Waals surface area contributed by atoms with E-state index < -0.39 is 0 Å². The molecule has 0 amide bonds. The quantitative estimate of drug-likeness (QED) is 0.401. The number of hydrogen-bond acceptors (Lipinski definition) is 3. The van der Waals surface area contributed by atoms with Crippen molar-refractivity contribution in [3.63, 3.8) is 0 Å². The Hall–Kier alpha value is -3.18. The van der Waals surface area contributed by atoms with Crippen molar-refractivity contribution in [1.29, 1.82) is 0 Å². The lowest BCUT2D eigenvalue weighted by atomic mass is 9.95. The number of rotatable bonds is 6. The van der Waals surface area contributed by atoms with Crippen molar-refractivity contribution in [1.82, 2.24) is 14.3 Å². The molecule has 1 fully saturated rings. The Kier molecular flexibility index (Phi) is 5.91. The highest BCUT2D eigenvalue weighted by atomic mass is 19.1. The van der Waals surface area contributed by atoms with E-state index in [1.165, 1.54) is 5.56 Å². The highest BCUT2D eigenvalue weighted by molar-refractivity contribution is 5.81. The van der Waals surface area contributed by atoms with Gasteiger partial charge in [-0.05, 0) is 74.3 Å². The Morgan fingerprint density at radius 3 is 2.50 bits per heavy atom. The molecule has 4 nitrogen and oxygen atoms in total. The number of imidazole rings is 1. The van der Waals surface area contributed by atoms with Crippen LogP contribution in [0.4, 0.5) is 4.39 Å². The molecule has 2 aromatic carbocycles. The van der Waals surface area contributed by atoms with Gasteiger partial charge < -0.3 is 14.0 Å². The SMILES string of the molecule is COc1ccccc1-c1nc(C2CCN(CCc3ccc(F)cc3)CC2)n2ccccc12. The Balaban J connectivity index is 1.33. The summed E-state index contributed by atoms with van der Waals surface area (Å²) < 4.78 is 21.0. The summed E-state index contributed by atoms with van der Waals surface area (Å²) in [5, 5.41) is 0. The van der Waals surface area contributed by atoms with Gasteiger partial charge in [-0.25, -0.2) is 9.37 Å². The number of fused-ring (bicyclic) bond motifs is 1. The minimum absolute atomic E-state index is 0.172. The third-order valence-electron chi connectivity index (χ3n) is 6.52. The molecule has 1 aliphatic heterocycles. The van der Waals surface area contributed by atoms with Crippen molar-refractivity contribution >= 4 is 5.52 Å². The number of halogens is 1. The van der Waals surface area contributed by atoms with Gasteiger partial charge in [-0.3, -0.25) is 0 Å². The second-order valence-electron chi connectivity index (χ2n) is 8.47. The predicted molar refractivity (Wildman–Crippen MR) is 126 cm³/mol. The van der Waals surface area contributed by atoms with Crippen molar-refractivity contribution in [2.45, 2.75) is 25.2 Å². The van der Waals surface area contributed by atoms with E-state index in [1.54, 1.807) is 19.2 Å². The van der Waals surface area contributed by atoms with E-state index in [9.17, 15) is 4.39 Å². The summed E-state index contributed by atoms with van der Waals surface area (Å²) in [5.74, 6) is 2.24. The molecule has 1 saturated heterocycles. The van der Waals surface area contributed by atoms with E-state index >= 15 is 0 Å². The fourth-order valence-corrected chi connectivity index (χ4v) is 4.74. The smallest absolute Gasteiger partial charge is 0.128 e. The van der Waals surface area contributed by atoms with E-state index in [2.05, 4.69) is 39.8 Å². The predicted octanol–water partition coefficient (Wildman–Crippen LogP) is 5.57. The first kappa shape index (κ1) is 20.7. The van der Waals surface area contributed by atoms with Crippen LogP contribution in [-0.4, -0.2) is 41.0 Å². The Labute approximate surface area is 188 Å². The van der Waals surface area contributed by atoms with E-state index in [1.807, 2.05) is 30.3 Å². The maximum Gasteiger partial charge on any atom is 0.128 e. The number of para-hydroxylation sites is 1. The van der Waals surface area contributed by atoms with Crippen LogP contribution in [0.5, 0.6) is 5.75 Å². The number of nitrogens with zero attached hydrogens (tertiary/aromatic N) is 3. The van der Waals surface area contributed by atoms with Gasteiger partial charge in [0.25, 0.3) is 0 Å². The monoisotopic (exact) mass is 429 g/mol. The molecule has 0 bridgehead atoms. The summed E-state index contributed by atoms with van der Waals surface area (Å²) in [6, 6.07) is 21.2. The number of methoxy groups -OCH3 is 1. The molecule has 0 N–H and O–H groups in total. The molecule has 0 unspecified atom stereocenters. The van der Waals surface area contributed by atoms with Crippen LogP contribution in [-0.2, 0) is 6.42 Å². The van der Waals surface area contributed by atoms with Crippen LogP contribution < -0.4 is 4.74 Å². The summed E-state index contributed by atoms with van der Waals surface area (Å²) in [7, 11) is 1.71. The molecule has 2 aromatic heterocycles. The molecule has 32 heavy (non-hydrogen) atoms. The van der Waals surface area contributed by atoms with Crippen LogP contribution >= 0.6 is 0 Å². The number of benzene rings is 2. The molecule has 1 aliphatic rings. The maximum absolute atomic E-state index is 13.1. The molecule has 0 saturated carbocycles. The van der Waals surface area contributed by atoms with Gasteiger partial charge in [-0.1, -0.05) is 30.3 Å². The summed E-state index contributed by atoms with van der Waals surface area (Å²) in [4.78, 5) is 7.66. The molecule has 5 heteroatoms. The topological polar surface area (TPSA) is 29.8 Å². The van der Waals surface area contributed by atoms with Crippen molar-refractivity contribution in [3.8, 4) is 17.0 Å². The minimum Gasteiger partial charge on any atom is -0.496 e. The van der Waals surface area contributed by atoms with Crippen molar-refractivity contribution in [3.05, 3.63) is 90.1 Å². The molecule has 5 rings (SSSR count). The average Bonchev–Trinajstić information content (AvgIpc) is 3.23. The second-order valence-corrected chi connectivity index (χ2v) is 8.47. The Morgan fingerprint density at radius 1 is 0.969 bits per heavy atom. The number of piperidine rings is 1. The zero-order valence-electron chi connectivity index (χ0n) is 18.4. The lowest BCUT2D eigenvalue weighted by Gasteiger charge is -2.31. The summed E-state index contributed by atoms with van der Waals surface area (Å²) in [5.41, 5.74) is 4.32. The third-order valence-corrected chi connectivity index (χ3v) is 6.52. The average molecular weight is 430 g/mol. The molecule has 0 atom stereocenters. The zero-order valence-corrected chi connectivity index (χ0v) is 18.4. The first-order valence-electron chi connectivity index (χ1n) is 11.3. The molecule has 0 radical (unpaired) electrons. The molecule has 164 valence electrons. The van der Waals surface area contributed by atoms with E-state index in [4.69, 9.17) is 9.72 Å². The number of hydrogen-bond donors (Lipinski definition) is 0. The standard InChI is InChI=1S/C27H28FN3O/c1-32-25-8-3-2-6-23(25)26-24-7-4-5-16-31(24)27(29-26)21-14-18-30(19-15-21)17-13-20-9-11-22(28)12-10-20/h2-12,16,21H,13-15,17-19H2,1H3. The van der Waals surface area contributed by atoms with Gasteiger partial charge >= 0.3 is 0 Å². The fourth-order valence-electron chi connectivity index (χ4n) is 4.74. The van der Waals surface area contributed by atoms with Gasteiger partial charge in [-0.2, -0.15) is 0 Å². The number of aromatic nitrogens is 2. The van der Waals surface area contributed by atoms with Crippen LogP contribution in [0.2, 0.25) is 0 Å². The van der Waals surface area contributed by atoms with Gasteiger partial charge in [0.15, 0.2) is 0 Å². The van der Waals surface area contributed by atoms with Gasteiger partial charge in [0.1, 0.15) is 23.1 Å².